The quantitative estimate of drug-likeness (QED) is 0.394. The molecule has 0 radical (unpaired) electrons. The molecule has 8 heteroatoms. The molecular weight excluding hydrogens is 444 g/mol. The molecular formula is C26H32N6OS. The van der Waals surface area contributed by atoms with Crippen molar-refractivity contribution in [2.45, 2.75) is 45.3 Å². The fourth-order valence-corrected chi connectivity index (χ4v) is 4.85. The van der Waals surface area contributed by atoms with E-state index in [1.54, 1.807) is 11.8 Å². The Morgan fingerprint density at radius 3 is 2.44 bits per heavy atom. The number of aromatic nitrogens is 3. The Balaban J connectivity index is 1.74. The number of fused-ring (bicyclic) bond motifs is 1. The van der Waals surface area contributed by atoms with E-state index in [1.807, 2.05) is 41.9 Å². The van der Waals surface area contributed by atoms with Crippen LogP contribution in [-0.4, -0.2) is 39.5 Å². The van der Waals surface area contributed by atoms with E-state index < -0.39 is 0 Å². The number of hydrogen-bond acceptors (Lipinski definition) is 6. The minimum absolute atomic E-state index is 0.155. The third kappa shape index (κ3) is 4.97. The zero-order valence-corrected chi connectivity index (χ0v) is 21.0. The van der Waals surface area contributed by atoms with Crippen molar-refractivity contribution in [3.05, 3.63) is 71.4 Å². The molecule has 0 aliphatic carbocycles. The zero-order valence-electron chi connectivity index (χ0n) is 20.2. The zero-order chi connectivity index (χ0) is 24.1. The van der Waals surface area contributed by atoms with Gasteiger partial charge in [0.1, 0.15) is 6.04 Å². The molecule has 0 fully saturated rings. The number of benzene rings is 2. The van der Waals surface area contributed by atoms with Crippen LogP contribution in [0.3, 0.4) is 0 Å². The Morgan fingerprint density at radius 1 is 1.09 bits per heavy atom. The van der Waals surface area contributed by atoms with Crippen LogP contribution in [-0.2, 0) is 4.79 Å². The van der Waals surface area contributed by atoms with Crippen molar-refractivity contribution < 1.29 is 4.79 Å². The number of thioether (sulfide) groups is 1. The fraction of sp³-hybridized carbons (Fsp3) is 0.346. The third-order valence-corrected chi connectivity index (χ3v) is 6.93. The Kier molecular flexibility index (Phi) is 7.57. The van der Waals surface area contributed by atoms with Gasteiger partial charge in [-0.25, -0.2) is 4.68 Å². The Hall–Kier alpha value is -3.26. The number of anilines is 3. The van der Waals surface area contributed by atoms with Gasteiger partial charge < -0.3 is 15.5 Å². The number of hydrogen-bond donors (Lipinski definition) is 2. The van der Waals surface area contributed by atoms with Crippen LogP contribution in [0.25, 0.3) is 0 Å². The maximum Gasteiger partial charge on any atom is 0.255 e. The molecule has 2 aromatic carbocycles. The number of carbonyl (C=O) groups excluding carboxylic acids is 1. The molecule has 2 heterocycles. The molecule has 178 valence electrons. The summed E-state index contributed by atoms with van der Waals surface area (Å²) in [6, 6.07) is 17.6. The lowest BCUT2D eigenvalue weighted by Crippen LogP contribution is -2.31. The largest absolute Gasteiger partial charge is 0.372 e. The Bertz CT molecular complexity index is 1150. The van der Waals surface area contributed by atoms with E-state index in [0.29, 0.717) is 16.7 Å². The van der Waals surface area contributed by atoms with Crippen molar-refractivity contribution in [1.29, 1.82) is 0 Å². The van der Waals surface area contributed by atoms with Crippen molar-refractivity contribution >= 4 is 35.0 Å². The van der Waals surface area contributed by atoms with Crippen LogP contribution in [0.15, 0.2) is 71.0 Å². The fourth-order valence-electron chi connectivity index (χ4n) is 4.16. The number of amides is 1. The van der Waals surface area contributed by atoms with Crippen molar-refractivity contribution in [1.82, 2.24) is 14.8 Å². The summed E-state index contributed by atoms with van der Waals surface area (Å²) < 4.78 is 1.84. The average molecular weight is 477 g/mol. The predicted octanol–water partition coefficient (Wildman–Crippen LogP) is 5.55. The number of nitrogens with zero attached hydrogens (tertiary/aromatic N) is 4. The molecule has 0 saturated heterocycles. The molecule has 1 aliphatic heterocycles. The minimum atomic E-state index is -0.380. The number of nitrogens with one attached hydrogen (secondary N) is 2. The summed E-state index contributed by atoms with van der Waals surface area (Å²) in [5, 5.41) is 11.9. The number of allylic oxidation sites excluding steroid dienone is 1. The lowest BCUT2D eigenvalue weighted by atomic mass is 9.94. The van der Waals surface area contributed by atoms with Gasteiger partial charge in [-0.05, 0) is 57.0 Å². The summed E-state index contributed by atoms with van der Waals surface area (Å²) in [7, 11) is 0. The highest BCUT2D eigenvalue weighted by Crippen LogP contribution is 2.37. The number of rotatable bonds is 9. The van der Waals surface area contributed by atoms with E-state index in [-0.39, 0.29) is 11.9 Å². The van der Waals surface area contributed by atoms with Crippen molar-refractivity contribution in [3.63, 3.8) is 0 Å². The van der Waals surface area contributed by atoms with Crippen LogP contribution in [0.5, 0.6) is 0 Å². The van der Waals surface area contributed by atoms with Gasteiger partial charge in [-0.1, -0.05) is 49.0 Å². The summed E-state index contributed by atoms with van der Waals surface area (Å²) in [5.41, 5.74) is 4.32. The molecule has 1 atom stereocenters. The molecule has 1 amide bonds. The SMILES string of the molecule is CCCSc1nc2n(n1)C(c1ccc(N(CC)CC)cc1)C(C(=O)Nc1ccccc1)=C(C)N2. The molecule has 0 saturated carbocycles. The molecule has 0 bridgehead atoms. The standard InChI is InChI=1S/C26H32N6OS/c1-5-17-34-26-29-25-27-18(4)22(24(33)28-20-11-9-8-10-12-20)23(32(25)30-26)19-13-15-21(16-14-19)31(6-2)7-3/h8-16,23H,5-7,17H2,1-4H3,(H,28,33)(H,27,29,30). The first-order chi connectivity index (χ1) is 16.5. The van der Waals surface area contributed by atoms with Crippen LogP contribution in [0.4, 0.5) is 17.3 Å². The molecule has 1 unspecified atom stereocenters. The van der Waals surface area contributed by atoms with Gasteiger partial charge in [0, 0.05) is 35.9 Å². The smallest absolute Gasteiger partial charge is 0.255 e. The molecule has 4 rings (SSSR count). The summed E-state index contributed by atoms with van der Waals surface area (Å²) in [5.74, 6) is 1.45. The molecule has 1 aromatic heterocycles. The number of carbonyl (C=O) groups is 1. The van der Waals surface area contributed by atoms with Crippen LogP contribution < -0.4 is 15.5 Å². The monoisotopic (exact) mass is 476 g/mol. The highest BCUT2D eigenvalue weighted by Gasteiger charge is 2.34. The second-order valence-electron chi connectivity index (χ2n) is 8.16. The van der Waals surface area contributed by atoms with E-state index in [1.165, 1.54) is 0 Å². The predicted molar refractivity (Wildman–Crippen MR) is 141 cm³/mol. The molecule has 2 N–H and O–H groups in total. The van der Waals surface area contributed by atoms with Crippen molar-refractivity contribution in [3.8, 4) is 0 Å². The molecule has 7 nitrogen and oxygen atoms in total. The Morgan fingerprint density at radius 2 is 1.79 bits per heavy atom. The first-order valence-corrected chi connectivity index (χ1v) is 12.8. The van der Waals surface area contributed by atoms with Crippen LogP contribution in [0, 0.1) is 0 Å². The normalized spacial score (nSPS) is 15.0. The van der Waals surface area contributed by atoms with Crippen LogP contribution >= 0.6 is 11.8 Å². The lowest BCUT2D eigenvalue weighted by Gasteiger charge is -2.29. The molecule has 0 spiro atoms. The Labute approximate surface area is 205 Å². The summed E-state index contributed by atoms with van der Waals surface area (Å²) >= 11 is 1.63. The highest BCUT2D eigenvalue weighted by molar-refractivity contribution is 7.99. The third-order valence-electron chi connectivity index (χ3n) is 5.88. The van der Waals surface area contributed by atoms with Gasteiger partial charge in [-0.15, -0.1) is 5.10 Å². The maximum absolute atomic E-state index is 13.5. The summed E-state index contributed by atoms with van der Waals surface area (Å²) in [6.45, 7) is 10.3. The summed E-state index contributed by atoms with van der Waals surface area (Å²) in [4.78, 5) is 20.5. The van der Waals surface area contributed by atoms with Gasteiger partial charge in [-0.2, -0.15) is 4.98 Å². The van der Waals surface area contributed by atoms with Gasteiger partial charge in [0.25, 0.3) is 5.91 Å². The van der Waals surface area contributed by atoms with E-state index in [9.17, 15) is 4.79 Å². The first kappa shape index (κ1) is 23.9. The summed E-state index contributed by atoms with van der Waals surface area (Å²) in [6.07, 6.45) is 1.04. The van der Waals surface area contributed by atoms with Crippen LogP contribution in [0.1, 0.15) is 45.7 Å². The van der Waals surface area contributed by atoms with Crippen molar-refractivity contribution in [2.75, 3.05) is 34.4 Å². The molecule has 34 heavy (non-hydrogen) atoms. The van der Waals surface area contributed by atoms with Crippen LogP contribution in [0.2, 0.25) is 0 Å². The second-order valence-corrected chi connectivity index (χ2v) is 9.22. The van der Waals surface area contributed by atoms with E-state index in [4.69, 9.17) is 10.1 Å². The minimum Gasteiger partial charge on any atom is -0.372 e. The average Bonchev–Trinajstić information content (AvgIpc) is 3.26. The van der Waals surface area contributed by atoms with Gasteiger partial charge >= 0.3 is 0 Å². The number of para-hydroxylation sites is 1. The second kappa shape index (κ2) is 10.8. The van der Waals surface area contributed by atoms with Gasteiger partial charge in [0.05, 0.1) is 5.57 Å². The maximum atomic E-state index is 13.5. The highest BCUT2D eigenvalue weighted by atomic mass is 32.2. The van der Waals surface area contributed by atoms with E-state index >= 15 is 0 Å². The molecule has 3 aromatic rings. The molecule has 1 aliphatic rings. The van der Waals surface area contributed by atoms with Crippen molar-refractivity contribution in [2.24, 2.45) is 0 Å². The lowest BCUT2D eigenvalue weighted by molar-refractivity contribution is -0.113. The first-order valence-electron chi connectivity index (χ1n) is 11.8. The van der Waals surface area contributed by atoms with E-state index in [0.717, 1.165) is 47.9 Å². The topological polar surface area (TPSA) is 75.1 Å². The van der Waals surface area contributed by atoms with E-state index in [2.05, 4.69) is 60.6 Å². The van der Waals surface area contributed by atoms with Gasteiger partial charge in [0.2, 0.25) is 11.1 Å². The van der Waals surface area contributed by atoms with Gasteiger partial charge in [-0.3, -0.25) is 4.79 Å². The van der Waals surface area contributed by atoms with Gasteiger partial charge in [0.15, 0.2) is 0 Å².